The summed E-state index contributed by atoms with van der Waals surface area (Å²) in [7, 11) is -4.17. The van der Waals surface area contributed by atoms with E-state index in [2.05, 4.69) is 5.32 Å². The lowest BCUT2D eigenvalue weighted by Gasteiger charge is -2.32. The van der Waals surface area contributed by atoms with Crippen LogP contribution in [0.1, 0.15) is 31.4 Å². The molecule has 0 aromatic heterocycles. The summed E-state index contributed by atoms with van der Waals surface area (Å²) in [5.74, 6) is -0.947. The highest BCUT2D eigenvalue weighted by atomic mass is 35.5. The maximum absolute atomic E-state index is 13.9. The molecule has 0 aliphatic carbocycles. The maximum Gasteiger partial charge on any atom is 0.264 e. The number of hydrogen-bond acceptors (Lipinski definition) is 4. The second-order valence-corrected chi connectivity index (χ2v) is 12.1. The molecule has 0 spiro atoms. The summed E-state index contributed by atoms with van der Waals surface area (Å²) in [6, 6.07) is 16.6. The number of benzene rings is 3. The summed E-state index contributed by atoms with van der Waals surface area (Å²) in [4.78, 5) is 28.1. The molecule has 0 unspecified atom stereocenters. The van der Waals surface area contributed by atoms with E-state index in [9.17, 15) is 18.0 Å². The molecule has 3 rings (SSSR count). The number of carbonyl (C=O) groups is 2. The number of halogens is 3. The zero-order valence-electron chi connectivity index (χ0n) is 21.8. The van der Waals surface area contributed by atoms with Crippen LogP contribution in [-0.2, 0) is 26.2 Å². The lowest BCUT2D eigenvalue weighted by atomic mass is 10.1. The van der Waals surface area contributed by atoms with Crippen molar-refractivity contribution in [3.8, 4) is 0 Å². The van der Waals surface area contributed by atoms with E-state index in [1.165, 1.54) is 23.1 Å². The average Bonchev–Trinajstić information content (AvgIpc) is 2.92. The Balaban J connectivity index is 2.04. The van der Waals surface area contributed by atoms with E-state index in [4.69, 9.17) is 34.8 Å². The van der Waals surface area contributed by atoms with Crippen LogP contribution in [0.4, 0.5) is 5.69 Å². The van der Waals surface area contributed by atoms with Crippen LogP contribution in [-0.4, -0.2) is 44.3 Å². The molecule has 0 aliphatic heterocycles. The van der Waals surface area contributed by atoms with Crippen molar-refractivity contribution in [3.63, 3.8) is 0 Å². The molecular formula is C28H30Cl3N3O4S. The molecule has 208 valence electrons. The number of anilines is 1. The molecule has 0 bridgehead atoms. The minimum atomic E-state index is -4.17. The smallest absolute Gasteiger partial charge is 0.264 e. The van der Waals surface area contributed by atoms with Crippen molar-refractivity contribution in [2.75, 3.05) is 17.4 Å². The minimum Gasteiger partial charge on any atom is -0.354 e. The Kier molecular flexibility index (Phi) is 10.7. The van der Waals surface area contributed by atoms with Crippen LogP contribution in [0, 0.1) is 6.92 Å². The lowest BCUT2D eigenvalue weighted by Crippen LogP contribution is -2.51. The highest BCUT2D eigenvalue weighted by molar-refractivity contribution is 7.92. The summed E-state index contributed by atoms with van der Waals surface area (Å²) in [5, 5.41) is 3.80. The van der Waals surface area contributed by atoms with Crippen molar-refractivity contribution in [3.05, 3.63) is 92.9 Å². The van der Waals surface area contributed by atoms with Crippen molar-refractivity contribution >= 4 is 62.3 Å². The fourth-order valence-electron chi connectivity index (χ4n) is 3.80. The van der Waals surface area contributed by atoms with Gasteiger partial charge in [-0.2, -0.15) is 0 Å². The van der Waals surface area contributed by atoms with Crippen molar-refractivity contribution in [1.82, 2.24) is 10.2 Å². The van der Waals surface area contributed by atoms with E-state index in [0.29, 0.717) is 27.2 Å². The van der Waals surface area contributed by atoms with Crippen molar-refractivity contribution in [2.45, 2.75) is 44.7 Å². The third-order valence-electron chi connectivity index (χ3n) is 6.11. The molecule has 0 fully saturated rings. The third-order valence-corrected chi connectivity index (χ3v) is 9.04. The van der Waals surface area contributed by atoms with Crippen LogP contribution in [0.2, 0.25) is 15.1 Å². The summed E-state index contributed by atoms with van der Waals surface area (Å²) < 4.78 is 28.6. The topological polar surface area (TPSA) is 86.8 Å². The SMILES string of the molecule is CCCNC(=O)[C@H](C)N(Cc1ccc(Cl)c(Cl)c1)C(=O)CN(c1ccc(C)c(Cl)c1)S(=O)(=O)c1ccccc1. The first-order chi connectivity index (χ1) is 18.4. The number of carbonyl (C=O) groups excluding carboxylic acids is 2. The van der Waals surface area contributed by atoms with Gasteiger partial charge in [-0.3, -0.25) is 13.9 Å². The van der Waals surface area contributed by atoms with Crippen molar-refractivity contribution < 1.29 is 18.0 Å². The Hall–Kier alpha value is -2.78. The molecule has 0 radical (unpaired) electrons. The quantitative estimate of drug-likeness (QED) is 0.285. The number of sulfonamides is 1. The van der Waals surface area contributed by atoms with E-state index in [0.717, 1.165) is 16.3 Å². The molecule has 39 heavy (non-hydrogen) atoms. The van der Waals surface area contributed by atoms with E-state index in [1.54, 1.807) is 62.4 Å². The van der Waals surface area contributed by atoms with E-state index >= 15 is 0 Å². The van der Waals surface area contributed by atoms with Crippen LogP contribution >= 0.6 is 34.8 Å². The molecule has 1 N–H and O–H groups in total. The van der Waals surface area contributed by atoms with Gasteiger partial charge in [-0.1, -0.05) is 72.1 Å². The van der Waals surface area contributed by atoms with Gasteiger partial charge in [-0.15, -0.1) is 0 Å². The van der Waals surface area contributed by atoms with Gasteiger partial charge >= 0.3 is 0 Å². The standard InChI is InChI=1S/C28H30Cl3N3O4S/c1-4-14-32-28(36)20(3)33(17-21-11-13-24(29)26(31)15-21)27(35)18-34(22-12-10-19(2)25(30)16-22)39(37,38)23-8-6-5-7-9-23/h5-13,15-16,20H,4,14,17-18H2,1-3H3,(H,32,36)/t20-/m0/s1. The Morgan fingerprint density at radius 1 is 0.923 bits per heavy atom. The summed E-state index contributed by atoms with van der Waals surface area (Å²) in [6.07, 6.45) is 0.719. The van der Waals surface area contributed by atoms with Gasteiger partial charge in [0.15, 0.2) is 0 Å². The predicted octanol–water partition coefficient (Wildman–Crippen LogP) is 6.09. The number of hydrogen-bond donors (Lipinski definition) is 1. The second kappa shape index (κ2) is 13.5. The first kappa shape index (κ1) is 30.8. The van der Waals surface area contributed by atoms with Gasteiger partial charge in [-0.05, 0) is 67.8 Å². The molecule has 3 aromatic carbocycles. The van der Waals surface area contributed by atoms with Gasteiger partial charge in [0.2, 0.25) is 11.8 Å². The zero-order valence-corrected chi connectivity index (χ0v) is 24.9. The lowest BCUT2D eigenvalue weighted by molar-refractivity contribution is -0.139. The van der Waals surface area contributed by atoms with Crippen LogP contribution in [0.25, 0.3) is 0 Å². The highest BCUT2D eigenvalue weighted by Gasteiger charge is 2.32. The molecule has 11 heteroatoms. The summed E-state index contributed by atoms with van der Waals surface area (Å²) >= 11 is 18.6. The van der Waals surface area contributed by atoms with Crippen LogP contribution in [0.3, 0.4) is 0 Å². The zero-order chi connectivity index (χ0) is 28.7. The summed E-state index contributed by atoms with van der Waals surface area (Å²) in [6.45, 7) is 5.19. The fraction of sp³-hybridized carbons (Fsp3) is 0.286. The van der Waals surface area contributed by atoms with Gasteiger partial charge in [0.25, 0.3) is 10.0 Å². The van der Waals surface area contributed by atoms with Crippen LogP contribution in [0.5, 0.6) is 0 Å². The number of rotatable bonds is 11. The first-order valence-electron chi connectivity index (χ1n) is 12.3. The molecule has 0 heterocycles. The van der Waals surface area contributed by atoms with Gasteiger partial charge in [0.05, 0.1) is 20.6 Å². The van der Waals surface area contributed by atoms with Gasteiger partial charge in [-0.25, -0.2) is 8.42 Å². The van der Waals surface area contributed by atoms with Gasteiger partial charge in [0.1, 0.15) is 12.6 Å². The fourth-order valence-corrected chi connectivity index (χ4v) is 5.72. The van der Waals surface area contributed by atoms with Crippen LogP contribution < -0.4 is 9.62 Å². The first-order valence-corrected chi connectivity index (χ1v) is 14.9. The third kappa shape index (κ3) is 7.66. The van der Waals surface area contributed by atoms with E-state index < -0.39 is 28.5 Å². The molecule has 7 nitrogen and oxygen atoms in total. The maximum atomic E-state index is 13.9. The minimum absolute atomic E-state index is 0.00428. The van der Waals surface area contributed by atoms with E-state index in [1.807, 2.05) is 6.92 Å². The molecule has 3 aromatic rings. The molecular weight excluding hydrogens is 581 g/mol. The molecule has 0 saturated heterocycles. The molecule has 0 saturated carbocycles. The van der Waals surface area contributed by atoms with Crippen LogP contribution in [0.15, 0.2) is 71.6 Å². The number of amides is 2. The monoisotopic (exact) mass is 609 g/mol. The second-order valence-electron chi connectivity index (χ2n) is 9.00. The molecule has 2 amide bonds. The summed E-state index contributed by atoms with van der Waals surface area (Å²) in [5.41, 5.74) is 1.61. The van der Waals surface area contributed by atoms with Gasteiger partial charge in [0, 0.05) is 18.1 Å². The van der Waals surface area contributed by atoms with Crippen molar-refractivity contribution in [2.24, 2.45) is 0 Å². The number of aryl methyl sites for hydroxylation is 1. The Bertz CT molecular complexity index is 1440. The molecule has 0 aliphatic rings. The largest absolute Gasteiger partial charge is 0.354 e. The Labute approximate surface area is 244 Å². The van der Waals surface area contributed by atoms with Gasteiger partial charge < -0.3 is 10.2 Å². The normalized spacial score (nSPS) is 12.1. The molecule has 1 atom stereocenters. The Morgan fingerprint density at radius 3 is 2.23 bits per heavy atom. The average molecular weight is 611 g/mol. The predicted molar refractivity (Wildman–Crippen MR) is 157 cm³/mol. The number of nitrogens with zero attached hydrogens (tertiary/aromatic N) is 2. The van der Waals surface area contributed by atoms with Crippen molar-refractivity contribution in [1.29, 1.82) is 0 Å². The number of nitrogens with one attached hydrogen (secondary N) is 1. The van der Waals surface area contributed by atoms with E-state index in [-0.39, 0.29) is 23.0 Å². The highest BCUT2D eigenvalue weighted by Crippen LogP contribution is 2.29. The Morgan fingerprint density at radius 2 is 1.62 bits per heavy atom.